The monoisotopic (exact) mass is 654 g/mol. The standard InChI is InChI=1S/C41H50O7/c1-6-10-23-27-15-28(35(42)14-22(27)5)24(11-7-2)31-17-32(39(46)20-38(31)45)26(13-9-4)34-18-33(40(47)21-41(34)48)25(12-8-3)30-16-29(23)36(43)19-37(30)44/h14-21,23-26,42-48H,6-13H2,1-5H3. The van der Waals surface area contributed by atoms with Gasteiger partial charge < -0.3 is 35.7 Å². The predicted molar refractivity (Wildman–Crippen MR) is 189 cm³/mol. The largest absolute Gasteiger partial charge is 0.508 e. The Morgan fingerprint density at radius 2 is 0.542 bits per heavy atom. The van der Waals surface area contributed by atoms with E-state index in [0.29, 0.717) is 64.6 Å². The number of rotatable bonds is 8. The van der Waals surface area contributed by atoms with Gasteiger partial charge in [-0.25, -0.2) is 0 Å². The molecular formula is C41H50O7. The molecule has 0 fully saturated rings. The van der Waals surface area contributed by atoms with Gasteiger partial charge in [0, 0.05) is 80.8 Å². The molecule has 0 saturated carbocycles. The molecule has 0 amide bonds. The van der Waals surface area contributed by atoms with Gasteiger partial charge in [0.25, 0.3) is 0 Å². The smallest absolute Gasteiger partial charge is 0.123 e. The van der Waals surface area contributed by atoms with Crippen LogP contribution < -0.4 is 0 Å². The van der Waals surface area contributed by atoms with Crippen molar-refractivity contribution in [2.45, 2.75) is 110 Å². The van der Waals surface area contributed by atoms with E-state index in [1.807, 2.05) is 39.8 Å². The fourth-order valence-electron chi connectivity index (χ4n) is 7.96. The quantitative estimate of drug-likeness (QED) is 0.100. The molecule has 7 nitrogen and oxygen atoms in total. The molecule has 4 aromatic carbocycles. The molecule has 7 N–H and O–H groups in total. The topological polar surface area (TPSA) is 142 Å². The van der Waals surface area contributed by atoms with E-state index in [2.05, 4.69) is 6.92 Å². The fourth-order valence-corrected chi connectivity index (χ4v) is 7.96. The molecule has 8 bridgehead atoms. The zero-order valence-electron chi connectivity index (χ0n) is 28.7. The summed E-state index contributed by atoms with van der Waals surface area (Å²) in [7, 11) is 0. The van der Waals surface area contributed by atoms with Crippen LogP contribution >= 0.6 is 0 Å². The van der Waals surface area contributed by atoms with Crippen LogP contribution in [0.5, 0.6) is 40.2 Å². The van der Waals surface area contributed by atoms with Crippen LogP contribution in [-0.4, -0.2) is 35.7 Å². The number of aryl methyl sites for hydroxylation is 1. The summed E-state index contributed by atoms with van der Waals surface area (Å²) >= 11 is 0. The molecule has 256 valence electrons. The molecule has 1 aliphatic carbocycles. The number of phenolic OH excluding ortho intramolecular Hbond substituents is 7. The Kier molecular flexibility index (Phi) is 10.4. The van der Waals surface area contributed by atoms with E-state index in [-0.39, 0.29) is 46.2 Å². The molecule has 1 aliphatic rings. The Labute approximate surface area is 283 Å². The van der Waals surface area contributed by atoms with Crippen LogP contribution in [0.2, 0.25) is 0 Å². The summed E-state index contributed by atoms with van der Waals surface area (Å²) in [6.45, 7) is 10.1. The molecule has 0 heterocycles. The summed E-state index contributed by atoms with van der Waals surface area (Å²) in [5, 5.41) is 79.6. The maximum Gasteiger partial charge on any atom is 0.123 e. The summed E-state index contributed by atoms with van der Waals surface area (Å²) in [4.78, 5) is 0. The lowest BCUT2D eigenvalue weighted by Crippen LogP contribution is -2.11. The summed E-state index contributed by atoms with van der Waals surface area (Å²) in [6.07, 6.45) is 5.42. The van der Waals surface area contributed by atoms with Gasteiger partial charge in [-0.1, -0.05) is 59.4 Å². The highest BCUT2D eigenvalue weighted by atomic mass is 16.3. The van der Waals surface area contributed by atoms with Gasteiger partial charge in [-0.2, -0.15) is 0 Å². The van der Waals surface area contributed by atoms with Crippen molar-refractivity contribution >= 4 is 0 Å². The number of aromatic hydroxyl groups is 7. The molecule has 0 spiro atoms. The molecule has 4 atom stereocenters. The van der Waals surface area contributed by atoms with E-state index < -0.39 is 17.8 Å². The Balaban J connectivity index is 1.96. The van der Waals surface area contributed by atoms with E-state index in [9.17, 15) is 35.7 Å². The van der Waals surface area contributed by atoms with Crippen molar-refractivity contribution < 1.29 is 35.7 Å². The molecule has 5 rings (SSSR count). The van der Waals surface area contributed by atoms with E-state index >= 15 is 0 Å². The molecule has 0 aliphatic heterocycles. The molecule has 0 saturated heterocycles. The Bertz CT molecular complexity index is 1430. The summed E-state index contributed by atoms with van der Waals surface area (Å²) in [5.74, 6) is -2.12. The van der Waals surface area contributed by atoms with Gasteiger partial charge >= 0.3 is 0 Å². The van der Waals surface area contributed by atoms with Crippen LogP contribution in [0, 0.1) is 6.92 Å². The highest BCUT2D eigenvalue weighted by Gasteiger charge is 2.32. The van der Waals surface area contributed by atoms with E-state index in [0.717, 1.165) is 36.8 Å². The first-order valence-corrected chi connectivity index (χ1v) is 17.5. The van der Waals surface area contributed by atoms with Crippen molar-refractivity contribution in [3.05, 3.63) is 98.6 Å². The molecule has 7 heteroatoms. The minimum atomic E-state index is -0.494. The SMILES string of the molecule is CCCC1c2cc(c(O)cc2C)C(CCC)c2cc(c(O)cc2O)C(CCC)c2cc(c(O)cc2O)C(CCC)c2cc1c(O)cc2O. The van der Waals surface area contributed by atoms with Gasteiger partial charge in [-0.15, -0.1) is 0 Å². The fraction of sp³-hybridized carbons (Fsp3) is 0.415. The Hall–Kier alpha value is -4.52. The second-order valence-electron chi connectivity index (χ2n) is 13.5. The van der Waals surface area contributed by atoms with Crippen LogP contribution in [-0.2, 0) is 0 Å². The summed E-state index contributed by atoms with van der Waals surface area (Å²) in [6, 6.07) is 13.2. The third-order valence-corrected chi connectivity index (χ3v) is 10.3. The van der Waals surface area contributed by atoms with Crippen molar-refractivity contribution in [3.63, 3.8) is 0 Å². The van der Waals surface area contributed by atoms with Crippen LogP contribution in [0.25, 0.3) is 0 Å². The molecule has 0 radical (unpaired) electrons. The van der Waals surface area contributed by atoms with Crippen molar-refractivity contribution in [3.8, 4) is 40.2 Å². The normalized spacial score (nSPS) is 18.9. The predicted octanol–water partition coefficient (Wildman–Crippen LogP) is 9.98. The van der Waals surface area contributed by atoms with Crippen molar-refractivity contribution in [1.29, 1.82) is 0 Å². The third-order valence-electron chi connectivity index (χ3n) is 10.3. The third kappa shape index (κ3) is 6.35. The minimum Gasteiger partial charge on any atom is -0.508 e. The van der Waals surface area contributed by atoms with Gasteiger partial charge in [0.15, 0.2) is 0 Å². The van der Waals surface area contributed by atoms with Crippen molar-refractivity contribution in [2.75, 3.05) is 0 Å². The van der Waals surface area contributed by atoms with Crippen LogP contribution in [0.15, 0.2) is 48.5 Å². The van der Waals surface area contributed by atoms with Crippen LogP contribution in [0.1, 0.15) is 153 Å². The van der Waals surface area contributed by atoms with E-state index in [1.54, 1.807) is 18.2 Å². The van der Waals surface area contributed by atoms with E-state index in [4.69, 9.17) is 0 Å². The van der Waals surface area contributed by atoms with Gasteiger partial charge in [0.05, 0.1) is 0 Å². The molecule has 48 heavy (non-hydrogen) atoms. The van der Waals surface area contributed by atoms with Gasteiger partial charge in [-0.05, 0) is 68.0 Å². The average molecular weight is 655 g/mol. The number of hydrogen-bond acceptors (Lipinski definition) is 7. The van der Waals surface area contributed by atoms with Gasteiger partial charge in [0.1, 0.15) is 40.2 Å². The maximum atomic E-state index is 11.5. The maximum absolute atomic E-state index is 11.5. The first-order chi connectivity index (χ1) is 22.9. The number of phenols is 7. The molecule has 4 unspecified atom stereocenters. The Morgan fingerprint density at radius 3 is 0.792 bits per heavy atom. The zero-order valence-corrected chi connectivity index (χ0v) is 28.7. The lowest BCUT2D eigenvalue weighted by Gasteiger charge is -2.29. The Morgan fingerprint density at radius 1 is 0.333 bits per heavy atom. The second-order valence-corrected chi connectivity index (χ2v) is 13.5. The van der Waals surface area contributed by atoms with E-state index in [1.165, 1.54) is 18.2 Å². The summed E-state index contributed by atoms with van der Waals surface area (Å²) in [5.41, 5.74) is 5.76. The van der Waals surface area contributed by atoms with Crippen molar-refractivity contribution in [1.82, 2.24) is 0 Å². The first-order valence-electron chi connectivity index (χ1n) is 17.5. The molecular weight excluding hydrogens is 604 g/mol. The molecule has 4 aromatic rings. The van der Waals surface area contributed by atoms with Gasteiger partial charge in [-0.3, -0.25) is 0 Å². The second kappa shape index (κ2) is 14.3. The van der Waals surface area contributed by atoms with Crippen molar-refractivity contribution in [2.24, 2.45) is 0 Å². The minimum absolute atomic E-state index is 0.0374. The highest BCUT2D eigenvalue weighted by molar-refractivity contribution is 5.61. The average Bonchev–Trinajstić information content (AvgIpc) is 3.02. The number of hydrogen-bond donors (Lipinski definition) is 7. The lowest BCUT2D eigenvalue weighted by atomic mass is 9.76. The summed E-state index contributed by atoms with van der Waals surface area (Å²) < 4.78 is 0. The van der Waals surface area contributed by atoms with Crippen LogP contribution in [0.4, 0.5) is 0 Å². The number of fused-ring (bicyclic) bond motifs is 8. The lowest BCUT2D eigenvalue weighted by molar-refractivity contribution is 0.424. The van der Waals surface area contributed by atoms with Crippen LogP contribution in [0.3, 0.4) is 0 Å². The zero-order chi connectivity index (χ0) is 34.9. The van der Waals surface area contributed by atoms with Gasteiger partial charge in [0.2, 0.25) is 0 Å². The molecule has 0 aromatic heterocycles. The highest BCUT2D eigenvalue weighted by Crippen LogP contribution is 2.51. The number of benzene rings is 4. The first kappa shape index (κ1) is 34.8.